The van der Waals surface area contributed by atoms with Gasteiger partial charge in [0.15, 0.2) is 5.96 Å². The highest BCUT2D eigenvalue weighted by Gasteiger charge is 2.32. The quantitative estimate of drug-likeness (QED) is 0.373. The molecule has 0 aromatic rings. The average molecular weight is 464 g/mol. The van der Waals surface area contributed by atoms with Gasteiger partial charge in [-0.3, -0.25) is 9.89 Å². The van der Waals surface area contributed by atoms with E-state index in [1.54, 1.807) is 0 Å². The molecule has 4 atom stereocenters. The maximum absolute atomic E-state index is 6.01. The minimum Gasteiger partial charge on any atom is -0.373 e. The number of morpholine rings is 1. The molecule has 0 spiro atoms. The summed E-state index contributed by atoms with van der Waals surface area (Å²) in [6.45, 7) is 7.49. The summed E-state index contributed by atoms with van der Waals surface area (Å²) in [5.74, 6) is 2.73. The van der Waals surface area contributed by atoms with Gasteiger partial charge in [0.05, 0.1) is 12.7 Å². The zero-order chi connectivity index (χ0) is 16.8. The van der Waals surface area contributed by atoms with Crippen LogP contribution in [-0.4, -0.2) is 62.8 Å². The molecule has 146 valence electrons. The molecule has 1 aliphatic carbocycles. The van der Waals surface area contributed by atoms with Gasteiger partial charge in [-0.1, -0.05) is 26.2 Å². The van der Waals surface area contributed by atoms with Gasteiger partial charge in [-0.2, -0.15) is 0 Å². The Hall–Kier alpha value is -0.0800. The molecule has 3 fully saturated rings. The fourth-order valence-corrected chi connectivity index (χ4v) is 4.66. The molecule has 0 amide bonds. The lowest BCUT2D eigenvalue weighted by Crippen LogP contribution is -2.51. The second-order valence-corrected chi connectivity index (χ2v) is 8.05. The summed E-state index contributed by atoms with van der Waals surface area (Å²) < 4.78 is 6.01. The van der Waals surface area contributed by atoms with Crippen molar-refractivity contribution in [2.75, 3.05) is 39.8 Å². The number of guanidine groups is 1. The van der Waals surface area contributed by atoms with E-state index in [1.807, 2.05) is 7.05 Å². The van der Waals surface area contributed by atoms with Crippen LogP contribution >= 0.6 is 24.0 Å². The van der Waals surface area contributed by atoms with E-state index in [2.05, 4.69) is 27.4 Å². The van der Waals surface area contributed by atoms with E-state index in [1.165, 1.54) is 51.5 Å². The Bertz CT molecular complexity index is 420. The van der Waals surface area contributed by atoms with Crippen LogP contribution in [0.1, 0.15) is 51.9 Å². The molecule has 2 aliphatic heterocycles. The highest BCUT2D eigenvalue weighted by atomic mass is 127. The number of aliphatic imine (C=N–C) groups is 1. The second-order valence-electron chi connectivity index (χ2n) is 8.05. The predicted molar refractivity (Wildman–Crippen MR) is 115 cm³/mol. The molecule has 4 unspecified atom stereocenters. The minimum atomic E-state index is 0. The van der Waals surface area contributed by atoms with Gasteiger partial charge >= 0.3 is 0 Å². The number of nitrogens with one attached hydrogen (secondary N) is 2. The Labute approximate surface area is 170 Å². The molecule has 5 nitrogen and oxygen atoms in total. The van der Waals surface area contributed by atoms with Gasteiger partial charge in [0.1, 0.15) is 0 Å². The molecule has 1 saturated carbocycles. The number of nitrogens with zero attached hydrogens (tertiary/aromatic N) is 2. The van der Waals surface area contributed by atoms with Gasteiger partial charge < -0.3 is 15.4 Å². The van der Waals surface area contributed by atoms with E-state index in [0.717, 1.165) is 44.0 Å². The van der Waals surface area contributed by atoms with Crippen LogP contribution in [0, 0.1) is 11.8 Å². The molecule has 2 saturated heterocycles. The van der Waals surface area contributed by atoms with Crippen molar-refractivity contribution in [3.8, 4) is 0 Å². The molecule has 0 bridgehead atoms. The summed E-state index contributed by atoms with van der Waals surface area (Å²) in [4.78, 5) is 6.96. The third kappa shape index (κ3) is 6.54. The Morgan fingerprint density at radius 3 is 2.88 bits per heavy atom. The highest BCUT2D eigenvalue weighted by molar-refractivity contribution is 14.0. The molecular formula is C19H37IN4O. The van der Waals surface area contributed by atoms with E-state index in [4.69, 9.17) is 4.74 Å². The Morgan fingerprint density at radius 1 is 1.20 bits per heavy atom. The van der Waals surface area contributed by atoms with Crippen molar-refractivity contribution in [3.63, 3.8) is 0 Å². The summed E-state index contributed by atoms with van der Waals surface area (Å²) in [6.07, 6.45) is 9.84. The Morgan fingerprint density at radius 2 is 2.08 bits per heavy atom. The van der Waals surface area contributed by atoms with Crippen molar-refractivity contribution in [2.45, 2.75) is 64.0 Å². The fourth-order valence-electron chi connectivity index (χ4n) is 4.66. The van der Waals surface area contributed by atoms with Crippen LogP contribution in [0.25, 0.3) is 0 Å². The normalized spacial score (nSPS) is 33.4. The lowest BCUT2D eigenvalue weighted by Gasteiger charge is -2.35. The van der Waals surface area contributed by atoms with Gasteiger partial charge in [-0.05, 0) is 44.1 Å². The maximum Gasteiger partial charge on any atom is 0.191 e. The number of fused-ring (bicyclic) bond motifs is 1. The van der Waals surface area contributed by atoms with Crippen LogP contribution in [-0.2, 0) is 4.74 Å². The SMILES string of the molecule is CN=C(NCCC1CCCC(C)C1)NCC1CN2CCCC2CO1.I. The van der Waals surface area contributed by atoms with Crippen LogP contribution in [0.15, 0.2) is 4.99 Å². The van der Waals surface area contributed by atoms with Crippen LogP contribution in [0.4, 0.5) is 0 Å². The van der Waals surface area contributed by atoms with Gasteiger partial charge in [-0.15, -0.1) is 24.0 Å². The second kappa shape index (κ2) is 10.9. The Balaban J connectivity index is 0.00000225. The van der Waals surface area contributed by atoms with Crippen molar-refractivity contribution in [1.82, 2.24) is 15.5 Å². The largest absolute Gasteiger partial charge is 0.373 e. The lowest BCUT2D eigenvalue weighted by atomic mass is 9.81. The minimum absolute atomic E-state index is 0. The topological polar surface area (TPSA) is 48.9 Å². The van der Waals surface area contributed by atoms with Crippen molar-refractivity contribution < 1.29 is 4.74 Å². The summed E-state index contributed by atoms with van der Waals surface area (Å²) in [5.41, 5.74) is 0. The molecular weight excluding hydrogens is 427 g/mol. The first-order valence-corrected chi connectivity index (χ1v) is 10.0. The van der Waals surface area contributed by atoms with Crippen molar-refractivity contribution in [3.05, 3.63) is 0 Å². The lowest BCUT2D eigenvalue weighted by molar-refractivity contribution is -0.0453. The van der Waals surface area contributed by atoms with Crippen molar-refractivity contribution in [1.29, 1.82) is 0 Å². The Kier molecular flexibility index (Phi) is 9.27. The number of ether oxygens (including phenoxy) is 1. The summed E-state index contributed by atoms with van der Waals surface area (Å²) >= 11 is 0. The summed E-state index contributed by atoms with van der Waals surface area (Å²) in [6, 6.07) is 0.677. The molecule has 6 heteroatoms. The van der Waals surface area contributed by atoms with Crippen LogP contribution in [0.5, 0.6) is 0 Å². The van der Waals surface area contributed by atoms with Gasteiger partial charge in [0.25, 0.3) is 0 Å². The zero-order valence-corrected chi connectivity index (χ0v) is 18.3. The highest BCUT2D eigenvalue weighted by Crippen LogP contribution is 2.30. The fraction of sp³-hybridized carbons (Fsp3) is 0.947. The number of hydrogen-bond acceptors (Lipinski definition) is 3. The summed E-state index contributed by atoms with van der Waals surface area (Å²) in [5, 5.41) is 6.94. The molecule has 3 aliphatic rings. The first-order chi connectivity index (χ1) is 11.7. The number of hydrogen-bond donors (Lipinski definition) is 2. The zero-order valence-electron chi connectivity index (χ0n) is 16.0. The molecule has 0 aromatic heterocycles. The van der Waals surface area contributed by atoms with E-state index >= 15 is 0 Å². The number of rotatable bonds is 5. The molecule has 2 heterocycles. The van der Waals surface area contributed by atoms with Crippen LogP contribution < -0.4 is 10.6 Å². The van der Waals surface area contributed by atoms with Crippen LogP contribution in [0.2, 0.25) is 0 Å². The van der Waals surface area contributed by atoms with Crippen molar-refractivity contribution in [2.24, 2.45) is 16.8 Å². The van der Waals surface area contributed by atoms with E-state index in [0.29, 0.717) is 6.04 Å². The molecule has 0 radical (unpaired) electrons. The number of halogens is 1. The summed E-state index contributed by atoms with van der Waals surface area (Å²) in [7, 11) is 1.86. The van der Waals surface area contributed by atoms with E-state index < -0.39 is 0 Å². The van der Waals surface area contributed by atoms with Crippen LogP contribution in [0.3, 0.4) is 0 Å². The standard InChI is InChI=1S/C19H36N4O.HI/c1-15-5-3-6-16(11-15)8-9-21-19(20-2)22-12-18-13-23-10-4-7-17(23)14-24-18;/h15-18H,3-14H2,1-2H3,(H2,20,21,22);1H. The third-order valence-corrected chi connectivity index (χ3v) is 6.07. The van der Waals surface area contributed by atoms with E-state index in [9.17, 15) is 0 Å². The molecule has 0 aromatic carbocycles. The van der Waals surface area contributed by atoms with E-state index in [-0.39, 0.29) is 30.1 Å². The molecule has 2 N–H and O–H groups in total. The molecule has 25 heavy (non-hydrogen) atoms. The third-order valence-electron chi connectivity index (χ3n) is 6.07. The molecule has 3 rings (SSSR count). The van der Waals surface area contributed by atoms with Crippen molar-refractivity contribution >= 4 is 29.9 Å². The monoisotopic (exact) mass is 464 g/mol. The van der Waals surface area contributed by atoms with Gasteiger partial charge in [0, 0.05) is 32.7 Å². The predicted octanol–water partition coefficient (Wildman–Crippen LogP) is 2.85. The maximum atomic E-state index is 6.01. The average Bonchev–Trinajstić information content (AvgIpc) is 3.05. The smallest absolute Gasteiger partial charge is 0.191 e. The van der Waals surface area contributed by atoms with Gasteiger partial charge in [0.2, 0.25) is 0 Å². The first kappa shape index (κ1) is 21.2. The van der Waals surface area contributed by atoms with Gasteiger partial charge in [-0.25, -0.2) is 0 Å². The first-order valence-electron chi connectivity index (χ1n) is 10.0.